The molecule has 116 valence electrons. The van der Waals surface area contributed by atoms with Crippen LogP contribution in [0.1, 0.15) is 19.3 Å². The Kier molecular flexibility index (Phi) is 4.20. The summed E-state index contributed by atoms with van der Waals surface area (Å²) < 4.78 is 0. The summed E-state index contributed by atoms with van der Waals surface area (Å²) in [6, 6.07) is 7.21. The third kappa shape index (κ3) is 2.74. The lowest BCUT2D eigenvalue weighted by molar-refractivity contribution is -0.382. The van der Waals surface area contributed by atoms with E-state index < -0.39 is 0 Å². The van der Waals surface area contributed by atoms with E-state index in [4.69, 9.17) is 5.73 Å². The maximum atomic E-state index is 11.6. The van der Waals surface area contributed by atoms with Crippen molar-refractivity contribution in [2.75, 3.05) is 24.5 Å². The Balaban J connectivity index is 2.02. The average Bonchev–Trinajstić information content (AvgIpc) is 2.54. The number of aromatic nitrogens is 1. The summed E-state index contributed by atoms with van der Waals surface area (Å²) in [6.45, 7) is 2.36. The van der Waals surface area contributed by atoms with Crippen LogP contribution >= 0.6 is 0 Å². The maximum Gasteiger partial charge on any atom is 0.301 e. The molecule has 1 aliphatic heterocycles. The van der Waals surface area contributed by atoms with Crippen LogP contribution < -0.4 is 10.6 Å². The molecule has 1 atom stereocenters. The molecule has 2 N–H and O–H groups in total. The highest BCUT2D eigenvalue weighted by molar-refractivity contribution is 5.94. The number of anilines is 1. The molecule has 22 heavy (non-hydrogen) atoms. The van der Waals surface area contributed by atoms with Gasteiger partial charge in [0.25, 0.3) is 0 Å². The Morgan fingerprint density at radius 1 is 1.41 bits per heavy atom. The first kappa shape index (κ1) is 14.7. The number of pyridine rings is 1. The van der Waals surface area contributed by atoms with Crippen LogP contribution in [-0.4, -0.2) is 29.5 Å². The van der Waals surface area contributed by atoms with E-state index in [2.05, 4.69) is 9.88 Å². The van der Waals surface area contributed by atoms with Gasteiger partial charge >= 0.3 is 5.69 Å². The second-order valence-electron chi connectivity index (χ2n) is 5.79. The van der Waals surface area contributed by atoms with E-state index in [1.54, 1.807) is 18.3 Å². The molecule has 3 rings (SSSR count). The first-order valence-electron chi connectivity index (χ1n) is 7.68. The molecule has 6 heteroatoms. The molecule has 1 aromatic heterocycles. The van der Waals surface area contributed by atoms with Crippen LogP contribution in [0.2, 0.25) is 0 Å². The van der Waals surface area contributed by atoms with Gasteiger partial charge in [-0.3, -0.25) is 15.1 Å². The first-order valence-corrected chi connectivity index (χ1v) is 7.68. The van der Waals surface area contributed by atoms with Gasteiger partial charge in [0.15, 0.2) is 0 Å². The summed E-state index contributed by atoms with van der Waals surface area (Å²) in [5.74, 6) is 0.517. The van der Waals surface area contributed by atoms with Crippen molar-refractivity contribution < 1.29 is 4.92 Å². The fourth-order valence-corrected chi connectivity index (χ4v) is 3.33. The summed E-state index contributed by atoms with van der Waals surface area (Å²) in [5.41, 5.74) is 7.19. The topological polar surface area (TPSA) is 85.3 Å². The minimum absolute atomic E-state index is 0.166. The van der Waals surface area contributed by atoms with Crippen molar-refractivity contribution in [3.05, 3.63) is 40.6 Å². The van der Waals surface area contributed by atoms with Gasteiger partial charge in [-0.05, 0) is 56.0 Å². The second-order valence-corrected chi connectivity index (χ2v) is 5.79. The third-order valence-corrected chi connectivity index (χ3v) is 4.35. The molecule has 1 aliphatic rings. The maximum absolute atomic E-state index is 11.6. The summed E-state index contributed by atoms with van der Waals surface area (Å²) in [7, 11) is 0. The number of rotatable bonds is 4. The zero-order valence-corrected chi connectivity index (χ0v) is 12.4. The van der Waals surface area contributed by atoms with Crippen LogP contribution in [0.3, 0.4) is 0 Å². The number of fused-ring (bicyclic) bond motifs is 1. The predicted octanol–water partition coefficient (Wildman–Crippen LogP) is 2.71. The molecule has 1 aromatic carbocycles. The Morgan fingerprint density at radius 2 is 2.27 bits per heavy atom. The quantitative estimate of drug-likeness (QED) is 0.693. The number of hydrogen-bond acceptors (Lipinski definition) is 5. The smallest absolute Gasteiger partial charge is 0.301 e. The van der Waals surface area contributed by atoms with Gasteiger partial charge in [0.1, 0.15) is 5.69 Å². The van der Waals surface area contributed by atoms with Gasteiger partial charge in [-0.15, -0.1) is 0 Å². The van der Waals surface area contributed by atoms with Gasteiger partial charge in [0.2, 0.25) is 0 Å². The van der Waals surface area contributed by atoms with Gasteiger partial charge in [0, 0.05) is 19.3 Å². The predicted molar refractivity (Wildman–Crippen MR) is 87.0 cm³/mol. The van der Waals surface area contributed by atoms with Gasteiger partial charge in [0.05, 0.1) is 15.8 Å². The van der Waals surface area contributed by atoms with Gasteiger partial charge in [-0.2, -0.15) is 0 Å². The molecule has 2 aromatic rings. The third-order valence-electron chi connectivity index (χ3n) is 4.35. The van der Waals surface area contributed by atoms with Crippen molar-refractivity contribution in [2.24, 2.45) is 11.7 Å². The lowest BCUT2D eigenvalue weighted by Gasteiger charge is -2.34. The normalized spacial score (nSPS) is 18.6. The van der Waals surface area contributed by atoms with Gasteiger partial charge < -0.3 is 10.6 Å². The fourth-order valence-electron chi connectivity index (χ4n) is 3.33. The van der Waals surface area contributed by atoms with E-state index in [1.165, 1.54) is 0 Å². The second kappa shape index (κ2) is 6.27. The molecular formula is C16H20N4O2. The zero-order chi connectivity index (χ0) is 15.5. The average molecular weight is 300 g/mol. The van der Waals surface area contributed by atoms with Crippen LogP contribution in [0.4, 0.5) is 11.4 Å². The number of nitrogens with zero attached hydrogens (tertiary/aromatic N) is 3. The van der Waals surface area contributed by atoms with Crippen LogP contribution in [0.15, 0.2) is 30.5 Å². The van der Waals surface area contributed by atoms with Crippen molar-refractivity contribution in [2.45, 2.75) is 19.3 Å². The SMILES string of the molecule is NCCC1CCCN(c2ccc3ncccc3c2[N+](=O)[O-])C1. The highest BCUT2D eigenvalue weighted by Crippen LogP contribution is 2.37. The highest BCUT2D eigenvalue weighted by Gasteiger charge is 2.27. The van der Waals surface area contributed by atoms with Crippen LogP contribution in [0.25, 0.3) is 10.9 Å². The molecule has 0 radical (unpaired) electrons. The largest absolute Gasteiger partial charge is 0.366 e. The lowest BCUT2D eigenvalue weighted by Crippen LogP contribution is -2.36. The Hall–Kier alpha value is -2.21. The molecule has 0 aliphatic carbocycles. The Morgan fingerprint density at radius 3 is 3.05 bits per heavy atom. The summed E-state index contributed by atoms with van der Waals surface area (Å²) in [5, 5.41) is 12.2. The van der Waals surface area contributed by atoms with Crippen molar-refractivity contribution >= 4 is 22.3 Å². The monoisotopic (exact) mass is 300 g/mol. The van der Waals surface area contributed by atoms with Crippen molar-refractivity contribution in [1.29, 1.82) is 0 Å². The minimum atomic E-state index is -0.286. The molecule has 0 spiro atoms. The van der Waals surface area contributed by atoms with E-state index in [9.17, 15) is 10.1 Å². The molecule has 1 unspecified atom stereocenters. The Labute approximate surface area is 129 Å². The number of nitro groups is 1. The number of piperidine rings is 1. The lowest BCUT2D eigenvalue weighted by atomic mass is 9.94. The van der Waals surface area contributed by atoms with E-state index in [0.717, 1.165) is 32.4 Å². The molecule has 1 saturated heterocycles. The summed E-state index contributed by atoms with van der Waals surface area (Å²) in [4.78, 5) is 17.7. The minimum Gasteiger partial charge on any atom is -0.366 e. The summed E-state index contributed by atoms with van der Waals surface area (Å²) >= 11 is 0. The standard InChI is InChI=1S/C16H20N4O2/c17-8-7-12-3-2-10-19(11-12)15-6-5-14-13(4-1-9-18-14)16(15)20(21)22/h1,4-6,9,12H,2-3,7-8,10-11,17H2. The van der Waals surface area contributed by atoms with Crippen LogP contribution in [0.5, 0.6) is 0 Å². The number of benzene rings is 1. The zero-order valence-electron chi connectivity index (χ0n) is 12.4. The first-order chi connectivity index (χ1) is 10.7. The molecule has 0 amide bonds. The van der Waals surface area contributed by atoms with Crippen LogP contribution in [0, 0.1) is 16.0 Å². The van der Waals surface area contributed by atoms with Gasteiger partial charge in [-0.1, -0.05) is 0 Å². The van der Waals surface area contributed by atoms with Crippen molar-refractivity contribution in [3.63, 3.8) is 0 Å². The van der Waals surface area contributed by atoms with Crippen LogP contribution in [-0.2, 0) is 0 Å². The molecular weight excluding hydrogens is 280 g/mol. The van der Waals surface area contributed by atoms with E-state index in [0.29, 0.717) is 29.1 Å². The van der Waals surface area contributed by atoms with E-state index in [-0.39, 0.29) is 10.6 Å². The van der Waals surface area contributed by atoms with E-state index >= 15 is 0 Å². The fraction of sp³-hybridized carbons (Fsp3) is 0.438. The highest BCUT2D eigenvalue weighted by atomic mass is 16.6. The molecule has 1 fully saturated rings. The Bertz CT molecular complexity index is 687. The summed E-state index contributed by atoms with van der Waals surface area (Å²) in [6.07, 6.45) is 4.83. The molecule has 6 nitrogen and oxygen atoms in total. The van der Waals surface area contributed by atoms with Gasteiger partial charge in [-0.25, -0.2) is 0 Å². The molecule has 0 saturated carbocycles. The van der Waals surface area contributed by atoms with E-state index in [1.807, 2.05) is 12.1 Å². The van der Waals surface area contributed by atoms with Crippen molar-refractivity contribution in [3.8, 4) is 0 Å². The van der Waals surface area contributed by atoms with Crippen molar-refractivity contribution in [1.82, 2.24) is 4.98 Å². The number of nitro benzene ring substituents is 1. The number of hydrogen-bond donors (Lipinski definition) is 1. The molecule has 2 heterocycles. The molecule has 0 bridgehead atoms. The number of nitrogens with two attached hydrogens (primary N) is 1.